The summed E-state index contributed by atoms with van der Waals surface area (Å²) in [6, 6.07) is 21.4. The molecule has 0 unspecified atom stereocenters. The molecule has 26 heavy (non-hydrogen) atoms. The molecule has 0 aliphatic rings. The van der Waals surface area contributed by atoms with Gasteiger partial charge in [0.15, 0.2) is 0 Å². The van der Waals surface area contributed by atoms with Crippen molar-refractivity contribution in [2.45, 2.75) is 13.8 Å². The molecule has 0 aliphatic carbocycles. The minimum Gasteiger partial charge on any atom is -0.306 e. The first-order valence-electron chi connectivity index (χ1n) is 8.42. The van der Waals surface area contributed by atoms with E-state index in [9.17, 15) is 4.79 Å². The van der Waals surface area contributed by atoms with Crippen LogP contribution in [0.5, 0.6) is 0 Å². The van der Waals surface area contributed by atoms with Gasteiger partial charge in [0.2, 0.25) is 0 Å². The van der Waals surface area contributed by atoms with Crippen LogP contribution in [0, 0.1) is 13.8 Å². The molecular weight excluding hydrogens is 324 g/mol. The van der Waals surface area contributed by atoms with Gasteiger partial charge in [-0.1, -0.05) is 36.4 Å². The molecule has 1 amide bonds. The molecule has 5 nitrogen and oxygen atoms in total. The molecule has 1 N–H and O–H groups in total. The largest absolute Gasteiger partial charge is 0.306 e. The molecular formula is C21H18N4O. The Balaban J connectivity index is 1.66. The summed E-state index contributed by atoms with van der Waals surface area (Å²) in [5.41, 5.74) is 3.83. The Bertz CT molecular complexity index is 1100. The van der Waals surface area contributed by atoms with Gasteiger partial charge in [-0.3, -0.25) is 4.79 Å². The average Bonchev–Trinajstić information content (AvgIpc) is 2.96. The van der Waals surface area contributed by atoms with E-state index in [0.717, 1.165) is 22.3 Å². The summed E-state index contributed by atoms with van der Waals surface area (Å²) in [7, 11) is 0. The fraction of sp³-hybridized carbons (Fsp3) is 0.0952. The van der Waals surface area contributed by atoms with E-state index in [4.69, 9.17) is 0 Å². The topological polar surface area (TPSA) is 59.8 Å². The predicted octanol–water partition coefficient (Wildman–Crippen LogP) is 4.29. The first kappa shape index (κ1) is 16.0. The third kappa shape index (κ3) is 2.84. The molecule has 128 valence electrons. The number of hydrogen-bond donors (Lipinski definition) is 1. The van der Waals surface area contributed by atoms with Crippen molar-refractivity contribution in [3.63, 3.8) is 0 Å². The third-order valence-electron chi connectivity index (χ3n) is 4.36. The number of aryl methyl sites for hydroxylation is 1. The summed E-state index contributed by atoms with van der Waals surface area (Å²) >= 11 is 0. The van der Waals surface area contributed by atoms with Crippen molar-refractivity contribution >= 4 is 22.6 Å². The molecule has 4 rings (SSSR count). The number of pyridine rings is 1. The summed E-state index contributed by atoms with van der Waals surface area (Å²) in [6.07, 6.45) is 0. The lowest BCUT2D eigenvalue weighted by Gasteiger charge is -2.07. The molecule has 2 aromatic carbocycles. The second-order valence-electron chi connectivity index (χ2n) is 6.14. The molecule has 0 aliphatic heterocycles. The minimum atomic E-state index is -0.204. The zero-order valence-electron chi connectivity index (χ0n) is 14.6. The molecule has 0 saturated heterocycles. The van der Waals surface area contributed by atoms with E-state index in [1.807, 2.05) is 80.6 Å². The number of hydrogen-bond acceptors (Lipinski definition) is 3. The first-order valence-corrected chi connectivity index (χ1v) is 8.42. The van der Waals surface area contributed by atoms with Gasteiger partial charge in [0, 0.05) is 5.39 Å². The highest BCUT2D eigenvalue weighted by Gasteiger charge is 2.19. The van der Waals surface area contributed by atoms with Crippen LogP contribution in [0.25, 0.3) is 16.6 Å². The van der Waals surface area contributed by atoms with E-state index in [1.165, 1.54) is 0 Å². The molecule has 0 spiro atoms. The number of fused-ring (bicyclic) bond motifs is 1. The maximum atomic E-state index is 12.8. The Hall–Kier alpha value is -3.47. The molecule has 0 atom stereocenters. The van der Waals surface area contributed by atoms with Crippen LogP contribution in [0.1, 0.15) is 21.7 Å². The van der Waals surface area contributed by atoms with Gasteiger partial charge in [-0.15, -0.1) is 0 Å². The van der Waals surface area contributed by atoms with Crippen molar-refractivity contribution in [2.75, 3.05) is 5.32 Å². The van der Waals surface area contributed by atoms with E-state index in [0.29, 0.717) is 17.1 Å². The van der Waals surface area contributed by atoms with Crippen molar-refractivity contribution in [2.24, 2.45) is 0 Å². The second-order valence-corrected chi connectivity index (χ2v) is 6.14. The number of nitrogens with one attached hydrogen (secondary N) is 1. The smallest absolute Gasteiger partial charge is 0.260 e. The van der Waals surface area contributed by atoms with E-state index in [1.54, 1.807) is 4.68 Å². The Morgan fingerprint density at radius 3 is 2.46 bits per heavy atom. The van der Waals surface area contributed by atoms with Gasteiger partial charge in [-0.2, -0.15) is 5.10 Å². The molecule has 0 radical (unpaired) electrons. The van der Waals surface area contributed by atoms with Crippen LogP contribution < -0.4 is 5.32 Å². The van der Waals surface area contributed by atoms with Crippen LogP contribution in [0.4, 0.5) is 5.82 Å². The molecule has 4 aromatic rings. The Labute approximate surface area is 151 Å². The number of carbonyl (C=O) groups excluding carboxylic acids is 1. The number of aromatic nitrogens is 3. The number of benzene rings is 2. The monoisotopic (exact) mass is 342 g/mol. The maximum absolute atomic E-state index is 12.8. The van der Waals surface area contributed by atoms with E-state index < -0.39 is 0 Å². The third-order valence-corrected chi connectivity index (χ3v) is 4.36. The Morgan fingerprint density at radius 1 is 0.923 bits per heavy atom. The van der Waals surface area contributed by atoms with Crippen LogP contribution in [-0.4, -0.2) is 20.7 Å². The van der Waals surface area contributed by atoms with Crippen molar-refractivity contribution < 1.29 is 4.79 Å². The Morgan fingerprint density at radius 2 is 1.65 bits per heavy atom. The number of amides is 1. The summed E-state index contributed by atoms with van der Waals surface area (Å²) < 4.78 is 1.79. The second kappa shape index (κ2) is 6.44. The lowest BCUT2D eigenvalue weighted by molar-refractivity contribution is 0.102. The van der Waals surface area contributed by atoms with E-state index >= 15 is 0 Å². The van der Waals surface area contributed by atoms with Gasteiger partial charge in [0.25, 0.3) is 5.91 Å². The van der Waals surface area contributed by atoms with Gasteiger partial charge < -0.3 is 5.32 Å². The van der Waals surface area contributed by atoms with Gasteiger partial charge in [0.05, 0.1) is 28.2 Å². The number of nitrogens with zero attached hydrogens (tertiary/aromatic N) is 3. The fourth-order valence-electron chi connectivity index (χ4n) is 3.11. The zero-order valence-corrected chi connectivity index (χ0v) is 14.6. The first-order chi connectivity index (χ1) is 12.6. The maximum Gasteiger partial charge on any atom is 0.260 e. The lowest BCUT2D eigenvalue weighted by atomic mass is 10.1. The van der Waals surface area contributed by atoms with Gasteiger partial charge in [-0.05, 0) is 44.2 Å². The van der Waals surface area contributed by atoms with Gasteiger partial charge >= 0.3 is 0 Å². The van der Waals surface area contributed by atoms with Crippen LogP contribution >= 0.6 is 0 Å². The van der Waals surface area contributed by atoms with Crippen molar-refractivity contribution in [3.05, 3.63) is 83.7 Å². The highest BCUT2D eigenvalue weighted by Crippen LogP contribution is 2.20. The van der Waals surface area contributed by atoms with Crippen LogP contribution in [-0.2, 0) is 0 Å². The van der Waals surface area contributed by atoms with Crippen LogP contribution in [0.2, 0.25) is 0 Å². The van der Waals surface area contributed by atoms with Crippen molar-refractivity contribution in [1.29, 1.82) is 0 Å². The minimum absolute atomic E-state index is 0.204. The van der Waals surface area contributed by atoms with Crippen LogP contribution in [0.3, 0.4) is 0 Å². The van der Waals surface area contributed by atoms with E-state index in [2.05, 4.69) is 15.4 Å². The summed E-state index contributed by atoms with van der Waals surface area (Å²) in [5, 5.41) is 8.46. The number of rotatable bonds is 3. The number of carbonyl (C=O) groups is 1. The Kier molecular flexibility index (Phi) is 3.97. The van der Waals surface area contributed by atoms with Gasteiger partial charge in [0.1, 0.15) is 5.82 Å². The standard InChI is InChI=1S/C21H18N4O/c1-14-20(15(2)25(24-14)17-9-4-3-5-10-17)21(26)23-19-13-12-16-8-6-7-11-18(16)22-19/h3-13H,1-2H3,(H,22,23,26). The molecule has 2 heterocycles. The quantitative estimate of drug-likeness (QED) is 0.604. The molecule has 2 aromatic heterocycles. The summed E-state index contributed by atoms with van der Waals surface area (Å²) in [5.74, 6) is 0.324. The summed E-state index contributed by atoms with van der Waals surface area (Å²) in [4.78, 5) is 17.3. The SMILES string of the molecule is Cc1nn(-c2ccccc2)c(C)c1C(=O)Nc1ccc2ccccc2n1. The van der Waals surface area contributed by atoms with Crippen molar-refractivity contribution in [3.8, 4) is 5.69 Å². The fourth-order valence-corrected chi connectivity index (χ4v) is 3.11. The normalized spacial score (nSPS) is 10.8. The van der Waals surface area contributed by atoms with E-state index in [-0.39, 0.29) is 5.91 Å². The number of anilines is 1. The molecule has 0 saturated carbocycles. The zero-order chi connectivity index (χ0) is 18.1. The van der Waals surface area contributed by atoms with Crippen LogP contribution in [0.15, 0.2) is 66.7 Å². The predicted molar refractivity (Wildman–Crippen MR) is 103 cm³/mol. The van der Waals surface area contributed by atoms with Crippen molar-refractivity contribution in [1.82, 2.24) is 14.8 Å². The number of para-hydroxylation sites is 2. The lowest BCUT2D eigenvalue weighted by Crippen LogP contribution is -2.15. The summed E-state index contributed by atoms with van der Waals surface area (Å²) in [6.45, 7) is 3.74. The molecule has 0 fully saturated rings. The highest BCUT2D eigenvalue weighted by atomic mass is 16.1. The van der Waals surface area contributed by atoms with Gasteiger partial charge in [-0.25, -0.2) is 9.67 Å². The highest BCUT2D eigenvalue weighted by molar-refractivity contribution is 6.05. The average molecular weight is 342 g/mol. The molecule has 5 heteroatoms. The molecule has 0 bridgehead atoms.